The molecule has 0 radical (unpaired) electrons. The van der Waals surface area contributed by atoms with Crippen LogP contribution in [0.3, 0.4) is 0 Å². The predicted octanol–water partition coefficient (Wildman–Crippen LogP) is 2.00. The Kier molecular flexibility index (Phi) is 3.12. The number of rotatable bonds is 0. The van der Waals surface area contributed by atoms with Crippen LogP contribution in [0.1, 0.15) is 33.1 Å². The highest BCUT2D eigenvalue weighted by atomic mass is 16.7. The van der Waals surface area contributed by atoms with E-state index in [1.165, 1.54) is 0 Å². The molecule has 0 N–H and O–H groups in total. The van der Waals surface area contributed by atoms with Crippen molar-refractivity contribution in [3.05, 3.63) is 0 Å². The second-order valence-corrected chi connectivity index (χ2v) is 5.24. The van der Waals surface area contributed by atoms with Crippen molar-refractivity contribution in [2.45, 2.75) is 33.1 Å². The van der Waals surface area contributed by atoms with Gasteiger partial charge in [0.25, 0.3) is 0 Å². The van der Waals surface area contributed by atoms with Crippen molar-refractivity contribution >= 4 is 5.78 Å². The molecule has 1 heterocycles. The number of ketones is 1. The second-order valence-electron chi connectivity index (χ2n) is 5.24. The van der Waals surface area contributed by atoms with Gasteiger partial charge in [-0.25, -0.2) is 0 Å². The van der Waals surface area contributed by atoms with Crippen LogP contribution in [0, 0.1) is 17.3 Å². The van der Waals surface area contributed by atoms with Crippen LogP contribution in [0.25, 0.3) is 0 Å². The molecule has 1 aliphatic carbocycles. The van der Waals surface area contributed by atoms with Gasteiger partial charge >= 0.3 is 0 Å². The van der Waals surface area contributed by atoms with E-state index in [9.17, 15) is 4.79 Å². The summed E-state index contributed by atoms with van der Waals surface area (Å²) in [4.78, 5) is 12.3. The van der Waals surface area contributed by atoms with E-state index >= 15 is 0 Å². The Labute approximate surface area is 91.1 Å². The SMILES string of the molecule is CC1CCC2(COCOC2)C(=O)C(C)C1. The molecule has 1 saturated heterocycles. The Balaban J connectivity index is 2.17. The zero-order valence-corrected chi connectivity index (χ0v) is 9.62. The van der Waals surface area contributed by atoms with Gasteiger partial charge in [0, 0.05) is 5.92 Å². The average Bonchev–Trinajstić information content (AvgIpc) is 2.34. The van der Waals surface area contributed by atoms with E-state index in [0.717, 1.165) is 19.3 Å². The molecule has 0 aromatic rings. The monoisotopic (exact) mass is 212 g/mol. The first-order chi connectivity index (χ1) is 7.14. The smallest absolute Gasteiger partial charge is 0.146 e. The summed E-state index contributed by atoms with van der Waals surface area (Å²) >= 11 is 0. The minimum Gasteiger partial charge on any atom is -0.354 e. The van der Waals surface area contributed by atoms with Crippen LogP contribution in [-0.4, -0.2) is 25.8 Å². The van der Waals surface area contributed by atoms with E-state index in [0.29, 0.717) is 31.7 Å². The lowest BCUT2D eigenvalue weighted by molar-refractivity contribution is -0.179. The summed E-state index contributed by atoms with van der Waals surface area (Å²) in [6.45, 7) is 5.73. The van der Waals surface area contributed by atoms with Crippen LogP contribution in [0.2, 0.25) is 0 Å². The molecular formula is C12H20O3. The van der Waals surface area contributed by atoms with Gasteiger partial charge in [0.2, 0.25) is 0 Å². The van der Waals surface area contributed by atoms with E-state index in [4.69, 9.17) is 9.47 Å². The summed E-state index contributed by atoms with van der Waals surface area (Å²) in [5, 5.41) is 0. The van der Waals surface area contributed by atoms with E-state index in [2.05, 4.69) is 6.92 Å². The molecule has 3 heteroatoms. The molecule has 2 rings (SSSR count). The Morgan fingerprint density at radius 1 is 1.27 bits per heavy atom. The molecule has 2 unspecified atom stereocenters. The van der Waals surface area contributed by atoms with Crippen molar-refractivity contribution in [1.82, 2.24) is 0 Å². The van der Waals surface area contributed by atoms with Gasteiger partial charge in [-0.1, -0.05) is 13.8 Å². The molecular weight excluding hydrogens is 192 g/mol. The largest absolute Gasteiger partial charge is 0.354 e. The number of carbonyl (C=O) groups is 1. The Morgan fingerprint density at radius 2 is 1.93 bits per heavy atom. The maximum absolute atomic E-state index is 12.3. The first kappa shape index (κ1) is 11.1. The van der Waals surface area contributed by atoms with Gasteiger partial charge in [0.1, 0.15) is 12.6 Å². The van der Waals surface area contributed by atoms with Gasteiger partial charge in [-0.3, -0.25) is 4.79 Å². The molecule has 0 bridgehead atoms. The normalized spacial score (nSPS) is 36.5. The number of ether oxygens (including phenoxy) is 2. The Hall–Kier alpha value is -0.410. The lowest BCUT2D eigenvalue weighted by Crippen LogP contribution is -2.45. The molecule has 2 fully saturated rings. The van der Waals surface area contributed by atoms with Crippen LogP contribution < -0.4 is 0 Å². The van der Waals surface area contributed by atoms with Crippen molar-refractivity contribution in [2.75, 3.05) is 20.0 Å². The first-order valence-corrected chi connectivity index (χ1v) is 5.84. The fourth-order valence-electron chi connectivity index (χ4n) is 2.86. The van der Waals surface area contributed by atoms with Gasteiger partial charge in [-0.15, -0.1) is 0 Å². The van der Waals surface area contributed by atoms with E-state index in [1.54, 1.807) is 0 Å². The lowest BCUT2D eigenvalue weighted by Gasteiger charge is -2.35. The van der Waals surface area contributed by atoms with Crippen LogP contribution in [0.5, 0.6) is 0 Å². The second kappa shape index (κ2) is 4.22. The molecule has 2 atom stereocenters. The topological polar surface area (TPSA) is 35.5 Å². The quantitative estimate of drug-likeness (QED) is 0.616. The predicted molar refractivity (Wildman–Crippen MR) is 56.4 cm³/mol. The zero-order valence-electron chi connectivity index (χ0n) is 9.62. The summed E-state index contributed by atoms with van der Waals surface area (Å²) in [7, 11) is 0. The molecule has 0 amide bonds. The summed E-state index contributed by atoms with van der Waals surface area (Å²) in [5.41, 5.74) is -0.331. The van der Waals surface area contributed by atoms with Crippen molar-refractivity contribution in [3.8, 4) is 0 Å². The van der Waals surface area contributed by atoms with Crippen LogP contribution in [0.4, 0.5) is 0 Å². The van der Waals surface area contributed by atoms with Gasteiger partial charge in [0.05, 0.1) is 18.6 Å². The third-order valence-electron chi connectivity index (χ3n) is 3.77. The molecule has 1 aliphatic heterocycles. The zero-order chi connectivity index (χ0) is 10.9. The van der Waals surface area contributed by atoms with E-state index in [-0.39, 0.29) is 11.3 Å². The number of hydrogen-bond donors (Lipinski definition) is 0. The third-order valence-corrected chi connectivity index (χ3v) is 3.77. The Morgan fingerprint density at radius 3 is 2.60 bits per heavy atom. The van der Waals surface area contributed by atoms with Crippen molar-refractivity contribution in [1.29, 1.82) is 0 Å². The molecule has 3 nitrogen and oxygen atoms in total. The minimum absolute atomic E-state index is 0.160. The maximum atomic E-state index is 12.3. The van der Waals surface area contributed by atoms with Crippen LogP contribution >= 0.6 is 0 Å². The van der Waals surface area contributed by atoms with E-state index < -0.39 is 0 Å². The van der Waals surface area contributed by atoms with Crippen LogP contribution in [0.15, 0.2) is 0 Å². The summed E-state index contributed by atoms with van der Waals surface area (Å²) in [6, 6.07) is 0. The molecule has 1 saturated carbocycles. The maximum Gasteiger partial charge on any atom is 0.146 e. The van der Waals surface area contributed by atoms with Crippen molar-refractivity contribution in [3.63, 3.8) is 0 Å². The van der Waals surface area contributed by atoms with Gasteiger partial charge in [-0.05, 0) is 25.2 Å². The van der Waals surface area contributed by atoms with Gasteiger partial charge in [0.15, 0.2) is 0 Å². The van der Waals surface area contributed by atoms with Crippen molar-refractivity contribution < 1.29 is 14.3 Å². The fraction of sp³-hybridized carbons (Fsp3) is 0.917. The molecule has 0 aromatic heterocycles. The summed E-state index contributed by atoms with van der Waals surface area (Å²) < 4.78 is 10.7. The lowest BCUT2D eigenvalue weighted by atomic mass is 9.77. The molecule has 2 aliphatic rings. The standard InChI is InChI=1S/C12H20O3/c1-9-3-4-12(6-14-8-15-7-12)11(13)10(2)5-9/h9-10H,3-8H2,1-2H3. The van der Waals surface area contributed by atoms with Crippen molar-refractivity contribution in [2.24, 2.45) is 17.3 Å². The molecule has 15 heavy (non-hydrogen) atoms. The highest BCUT2D eigenvalue weighted by Gasteiger charge is 2.44. The molecule has 1 spiro atoms. The van der Waals surface area contributed by atoms with Gasteiger partial charge in [-0.2, -0.15) is 0 Å². The minimum atomic E-state index is -0.331. The van der Waals surface area contributed by atoms with Crippen LogP contribution in [-0.2, 0) is 14.3 Å². The highest BCUT2D eigenvalue weighted by Crippen LogP contribution is 2.38. The van der Waals surface area contributed by atoms with E-state index in [1.807, 2.05) is 6.92 Å². The summed E-state index contributed by atoms with van der Waals surface area (Å²) in [5.74, 6) is 1.16. The highest BCUT2D eigenvalue weighted by molar-refractivity contribution is 5.87. The van der Waals surface area contributed by atoms with Gasteiger partial charge < -0.3 is 9.47 Å². The summed E-state index contributed by atoms with van der Waals surface area (Å²) in [6.07, 6.45) is 3.06. The fourth-order valence-corrected chi connectivity index (χ4v) is 2.86. The number of hydrogen-bond acceptors (Lipinski definition) is 3. The average molecular weight is 212 g/mol. The molecule has 86 valence electrons. The molecule has 0 aromatic carbocycles. The first-order valence-electron chi connectivity index (χ1n) is 5.84. The number of Topliss-reactive ketones (excluding diaryl/α,β-unsaturated/α-hetero) is 1. The third kappa shape index (κ3) is 2.08. The Bertz CT molecular complexity index is 243. The number of carbonyl (C=O) groups excluding carboxylic acids is 1.